The first-order chi connectivity index (χ1) is 7.36. The second kappa shape index (κ2) is 4.40. The normalized spacial score (nSPS) is 15.0. The van der Waals surface area contributed by atoms with Crippen molar-refractivity contribution < 1.29 is 19.0 Å². The molecular weight excluding hydrogens is 230 g/mol. The third kappa shape index (κ3) is 3.17. The highest BCUT2D eigenvalue weighted by Gasteiger charge is 2.02. The van der Waals surface area contributed by atoms with Gasteiger partial charge in [-0.05, 0) is 24.2 Å². The SMILES string of the molecule is [2H]c1c([2H])c(OCC(F)F)c([2H])c([2H])c1Br. The van der Waals surface area contributed by atoms with Crippen LogP contribution in [-0.2, 0) is 0 Å². The summed E-state index contributed by atoms with van der Waals surface area (Å²) >= 11 is 2.88. The summed E-state index contributed by atoms with van der Waals surface area (Å²) in [7, 11) is 0. The van der Waals surface area contributed by atoms with E-state index in [2.05, 4.69) is 20.7 Å². The van der Waals surface area contributed by atoms with Crippen molar-refractivity contribution in [2.45, 2.75) is 6.43 Å². The monoisotopic (exact) mass is 240 g/mol. The van der Waals surface area contributed by atoms with E-state index < -0.39 is 30.9 Å². The van der Waals surface area contributed by atoms with Gasteiger partial charge in [-0.15, -0.1) is 0 Å². The fourth-order valence-electron chi connectivity index (χ4n) is 0.504. The van der Waals surface area contributed by atoms with Gasteiger partial charge < -0.3 is 4.74 Å². The van der Waals surface area contributed by atoms with Crippen molar-refractivity contribution in [3.8, 4) is 5.75 Å². The van der Waals surface area contributed by atoms with Gasteiger partial charge in [-0.25, -0.2) is 8.78 Å². The number of hydrogen-bond acceptors (Lipinski definition) is 1. The Balaban J connectivity index is 3.18. The van der Waals surface area contributed by atoms with Gasteiger partial charge in [-0.3, -0.25) is 0 Å². The number of hydrogen-bond donors (Lipinski definition) is 0. The van der Waals surface area contributed by atoms with Crippen LogP contribution >= 0.6 is 15.9 Å². The predicted molar refractivity (Wildman–Crippen MR) is 45.6 cm³/mol. The van der Waals surface area contributed by atoms with Crippen LogP contribution in [0, 0.1) is 0 Å². The predicted octanol–water partition coefficient (Wildman–Crippen LogP) is 3.09. The summed E-state index contributed by atoms with van der Waals surface area (Å²) in [6.45, 7) is -0.960. The first kappa shape index (κ1) is 5.17. The Kier molecular flexibility index (Phi) is 1.90. The fourth-order valence-corrected chi connectivity index (χ4v) is 0.703. The molecule has 0 aliphatic carbocycles. The maximum atomic E-state index is 11.9. The molecule has 66 valence electrons. The Bertz CT molecular complexity index is 385. The summed E-state index contributed by atoms with van der Waals surface area (Å²) < 4.78 is 58.0. The smallest absolute Gasteiger partial charge is 0.272 e. The summed E-state index contributed by atoms with van der Waals surface area (Å²) in [6, 6.07) is -1.67. The van der Waals surface area contributed by atoms with Crippen LogP contribution in [0.15, 0.2) is 28.6 Å². The zero-order chi connectivity index (χ0) is 12.5. The van der Waals surface area contributed by atoms with E-state index in [9.17, 15) is 8.78 Å². The molecule has 0 saturated heterocycles. The molecule has 0 aliphatic rings. The van der Waals surface area contributed by atoms with Crippen molar-refractivity contribution >= 4 is 15.9 Å². The van der Waals surface area contributed by atoms with Gasteiger partial charge in [-0.2, -0.15) is 0 Å². The highest BCUT2D eigenvalue weighted by molar-refractivity contribution is 9.10. The molecule has 0 heterocycles. The van der Waals surface area contributed by atoms with Crippen LogP contribution in [0.4, 0.5) is 8.78 Å². The van der Waals surface area contributed by atoms with Crippen LogP contribution < -0.4 is 4.74 Å². The van der Waals surface area contributed by atoms with Crippen LogP contribution in [0.1, 0.15) is 5.48 Å². The van der Waals surface area contributed by atoms with Gasteiger partial charge >= 0.3 is 0 Å². The van der Waals surface area contributed by atoms with E-state index >= 15 is 0 Å². The van der Waals surface area contributed by atoms with Gasteiger partial charge in [0.25, 0.3) is 6.43 Å². The molecule has 1 rings (SSSR count). The summed E-state index contributed by atoms with van der Waals surface area (Å²) in [5, 5.41) is 0. The molecule has 1 nitrogen and oxygen atoms in total. The van der Waals surface area contributed by atoms with Crippen molar-refractivity contribution in [3.05, 3.63) is 28.6 Å². The summed E-state index contributed by atoms with van der Waals surface area (Å²) in [5.74, 6) is -0.460. The minimum absolute atomic E-state index is 0.0214. The molecule has 12 heavy (non-hydrogen) atoms. The zero-order valence-electron chi connectivity index (χ0n) is 9.83. The van der Waals surface area contributed by atoms with Gasteiger partial charge in [-0.1, -0.05) is 15.9 Å². The average Bonchev–Trinajstić information content (AvgIpc) is 2.23. The van der Waals surface area contributed by atoms with E-state index in [4.69, 9.17) is 5.48 Å². The Morgan fingerprint density at radius 1 is 1.42 bits per heavy atom. The third-order valence-electron chi connectivity index (χ3n) is 0.925. The van der Waals surface area contributed by atoms with Crippen molar-refractivity contribution in [2.24, 2.45) is 0 Å². The van der Waals surface area contributed by atoms with E-state index in [0.29, 0.717) is 0 Å². The lowest BCUT2D eigenvalue weighted by atomic mass is 10.3. The molecule has 0 N–H and O–H groups in total. The van der Waals surface area contributed by atoms with Gasteiger partial charge in [0.05, 0.1) is 5.48 Å². The Hall–Kier alpha value is -0.640. The molecule has 1 aromatic rings. The van der Waals surface area contributed by atoms with E-state index in [1.807, 2.05) is 0 Å². The lowest BCUT2D eigenvalue weighted by Crippen LogP contribution is -2.06. The quantitative estimate of drug-likeness (QED) is 0.790. The summed E-state index contributed by atoms with van der Waals surface area (Å²) in [5.41, 5.74) is 0. The second-order valence-electron chi connectivity index (χ2n) is 1.85. The van der Waals surface area contributed by atoms with E-state index in [-0.39, 0.29) is 16.6 Å². The lowest BCUT2D eigenvalue weighted by Gasteiger charge is -2.04. The minimum Gasteiger partial charge on any atom is -0.488 e. The molecular formula is C8H7BrF2O. The van der Waals surface area contributed by atoms with Crippen molar-refractivity contribution in [1.29, 1.82) is 0 Å². The highest BCUT2D eigenvalue weighted by atomic mass is 79.9. The topological polar surface area (TPSA) is 9.23 Å². The van der Waals surface area contributed by atoms with E-state index in [0.717, 1.165) is 0 Å². The summed E-state index contributed by atoms with van der Waals surface area (Å²) in [4.78, 5) is 0. The molecule has 0 radical (unpaired) electrons. The molecule has 0 unspecified atom stereocenters. The van der Waals surface area contributed by atoms with E-state index in [1.54, 1.807) is 0 Å². The minimum atomic E-state index is -2.73. The first-order valence-corrected chi connectivity index (χ1v) is 3.82. The van der Waals surface area contributed by atoms with Crippen LogP contribution in [0.25, 0.3) is 0 Å². The Morgan fingerprint density at radius 3 is 2.50 bits per heavy atom. The zero-order valence-corrected chi connectivity index (χ0v) is 7.41. The second-order valence-corrected chi connectivity index (χ2v) is 2.64. The standard InChI is InChI=1S/C8H7BrF2O/c9-6-1-3-7(4-2-6)12-5-8(10)11/h1-4,8H,5H2/i1D,2D,3D,4D. The fraction of sp³-hybridized carbons (Fsp3) is 0.250. The molecule has 0 aliphatic heterocycles. The molecule has 0 spiro atoms. The number of benzene rings is 1. The number of ether oxygens (including phenoxy) is 1. The lowest BCUT2D eigenvalue weighted by molar-refractivity contribution is 0.0819. The molecule has 4 heteroatoms. The number of alkyl halides is 2. The van der Waals surface area contributed by atoms with Gasteiger partial charge in [0.15, 0.2) is 0 Å². The van der Waals surface area contributed by atoms with Crippen molar-refractivity contribution in [1.82, 2.24) is 0 Å². The maximum absolute atomic E-state index is 11.9. The number of rotatable bonds is 3. The average molecular weight is 241 g/mol. The molecule has 0 fully saturated rings. The molecule has 0 saturated carbocycles. The Labute approximate surface area is 83.1 Å². The van der Waals surface area contributed by atoms with Crippen LogP contribution in [0.3, 0.4) is 0 Å². The molecule has 0 bridgehead atoms. The third-order valence-corrected chi connectivity index (χ3v) is 1.32. The Morgan fingerprint density at radius 2 is 2.00 bits per heavy atom. The molecule has 1 aromatic carbocycles. The van der Waals surface area contributed by atoms with E-state index in [1.165, 1.54) is 0 Å². The van der Waals surface area contributed by atoms with Crippen LogP contribution in [-0.4, -0.2) is 13.0 Å². The van der Waals surface area contributed by atoms with Gasteiger partial charge in [0.1, 0.15) is 12.4 Å². The number of halogens is 3. The van der Waals surface area contributed by atoms with Crippen molar-refractivity contribution in [2.75, 3.05) is 6.61 Å². The molecule has 0 aromatic heterocycles. The summed E-state index contributed by atoms with van der Waals surface area (Å²) in [6.07, 6.45) is -2.73. The van der Waals surface area contributed by atoms with Gasteiger partial charge in [0, 0.05) is 4.47 Å². The molecule has 0 amide bonds. The maximum Gasteiger partial charge on any atom is 0.272 e. The van der Waals surface area contributed by atoms with Crippen molar-refractivity contribution in [3.63, 3.8) is 0 Å². The van der Waals surface area contributed by atoms with Crippen LogP contribution in [0.2, 0.25) is 0 Å². The first-order valence-electron chi connectivity index (χ1n) is 5.03. The van der Waals surface area contributed by atoms with Crippen LogP contribution in [0.5, 0.6) is 5.75 Å². The highest BCUT2D eigenvalue weighted by Crippen LogP contribution is 2.16. The largest absolute Gasteiger partial charge is 0.488 e. The molecule has 0 atom stereocenters. The van der Waals surface area contributed by atoms with Gasteiger partial charge in [0.2, 0.25) is 0 Å².